The van der Waals surface area contributed by atoms with Crippen LogP contribution in [0.1, 0.15) is 22.3 Å². The second-order valence-corrected chi connectivity index (χ2v) is 7.61. The Bertz CT molecular complexity index is 600. The number of benzene rings is 1. The summed E-state index contributed by atoms with van der Waals surface area (Å²) in [5, 5.41) is 9.14. The molecule has 1 atom stereocenters. The standard InChI is InChI=1S/C14H18ClNO4S/c15-9-11-1-3-12(4-2-11)14(18)16(6-7-17)13-5-8-21(19,20)10-13/h1-4,13,17H,5-10H2. The Balaban J connectivity index is 2.18. The quantitative estimate of drug-likeness (QED) is 0.818. The summed E-state index contributed by atoms with van der Waals surface area (Å²) >= 11 is 5.71. The average Bonchev–Trinajstić information content (AvgIpc) is 2.84. The van der Waals surface area contributed by atoms with E-state index in [1.807, 2.05) is 0 Å². The van der Waals surface area contributed by atoms with Gasteiger partial charge in [0.1, 0.15) is 0 Å². The van der Waals surface area contributed by atoms with Crippen molar-refractivity contribution in [1.82, 2.24) is 4.90 Å². The molecular weight excluding hydrogens is 314 g/mol. The number of rotatable bonds is 5. The Morgan fingerprint density at radius 2 is 2.00 bits per heavy atom. The van der Waals surface area contributed by atoms with Crippen LogP contribution < -0.4 is 0 Å². The molecule has 5 nitrogen and oxygen atoms in total. The summed E-state index contributed by atoms with van der Waals surface area (Å²) in [6.45, 7) is -0.0572. The van der Waals surface area contributed by atoms with E-state index < -0.39 is 9.84 Å². The number of halogens is 1. The summed E-state index contributed by atoms with van der Waals surface area (Å²) in [6.07, 6.45) is 0.424. The predicted molar refractivity (Wildman–Crippen MR) is 81.2 cm³/mol. The second kappa shape index (κ2) is 6.77. The Morgan fingerprint density at radius 1 is 1.33 bits per heavy atom. The van der Waals surface area contributed by atoms with Crippen molar-refractivity contribution in [3.63, 3.8) is 0 Å². The van der Waals surface area contributed by atoms with Crippen LogP contribution in [0.4, 0.5) is 0 Å². The van der Waals surface area contributed by atoms with Crippen molar-refractivity contribution in [3.8, 4) is 0 Å². The van der Waals surface area contributed by atoms with Crippen LogP contribution in [0.15, 0.2) is 24.3 Å². The fourth-order valence-corrected chi connectivity index (χ4v) is 4.39. The lowest BCUT2D eigenvalue weighted by molar-refractivity contribution is 0.0655. The molecule has 1 saturated heterocycles. The molecule has 0 saturated carbocycles. The molecule has 1 aromatic carbocycles. The summed E-state index contributed by atoms with van der Waals surface area (Å²) in [5.74, 6) is 0.180. The predicted octanol–water partition coefficient (Wildman–Crippen LogP) is 1.05. The number of alkyl halides is 1. The number of aliphatic hydroxyl groups excluding tert-OH is 1. The van der Waals surface area contributed by atoms with Crippen molar-refractivity contribution >= 4 is 27.3 Å². The van der Waals surface area contributed by atoms with Crippen LogP contribution in [0.2, 0.25) is 0 Å². The first-order valence-electron chi connectivity index (χ1n) is 6.74. The maximum atomic E-state index is 12.5. The van der Waals surface area contributed by atoms with Crippen LogP contribution in [-0.4, -0.2) is 55.0 Å². The third-order valence-corrected chi connectivity index (χ3v) is 5.67. The first-order valence-corrected chi connectivity index (χ1v) is 9.09. The van der Waals surface area contributed by atoms with Gasteiger partial charge in [0.05, 0.1) is 18.1 Å². The van der Waals surface area contributed by atoms with Gasteiger partial charge in [-0.15, -0.1) is 11.6 Å². The van der Waals surface area contributed by atoms with Gasteiger partial charge in [-0.25, -0.2) is 8.42 Å². The zero-order valence-electron chi connectivity index (χ0n) is 11.5. The monoisotopic (exact) mass is 331 g/mol. The van der Waals surface area contributed by atoms with Crippen molar-refractivity contribution in [2.45, 2.75) is 18.3 Å². The van der Waals surface area contributed by atoms with E-state index in [1.54, 1.807) is 24.3 Å². The van der Waals surface area contributed by atoms with Gasteiger partial charge in [-0.2, -0.15) is 0 Å². The van der Waals surface area contributed by atoms with E-state index in [0.29, 0.717) is 17.9 Å². The second-order valence-electron chi connectivity index (χ2n) is 5.11. The van der Waals surface area contributed by atoms with Gasteiger partial charge < -0.3 is 10.0 Å². The lowest BCUT2D eigenvalue weighted by Gasteiger charge is -2.27. The molecule has 0 radical (unpaired) electrons. The summed E-state index contributed by atoms with van der Waals surface area (Å²) in [6, 6.07) is 6.52. The number of amides is 1. The molecular formula is C14H18ClNO4S. The number of aliphatic hydroxyl groups is 1. The molecule has 1 unspecified atom stereocenters. The molecule has 1 N–H and O–H groups in total. The molecule has 2 rings (SSSR count). The highest BCUT2D eigenvalue weighted by Gasteiger charge is 2.34. The van der Waals surface area contributed by atoms with Gasteiger partial charge in [-0.1, -0.05) is 12.1 Å². The van der Waals surface area contributed by atoms with E-state index in [9.17, 15) is 13.2 Å². The maximum Gasteiger partial charge on any atom is 0.254 e. The number of hydrogen-bond acceptors (Lipinski definition) is 4. The minimum atomic E-state index is -3.08. The Hall–Kier alpha value is -1.11. The van der Waals surface area contributed by atoms with Crippen molar-refractivity contribution in [1.29, 1.82) is 0 Å². The normalized spacial score (nSPS) is 20.4. The third-order valence-electron chi connectivity index (χ3n) is 3.61. The first-order chi connectivity index (χ1) is 9.96. The fraction of sp³-hybridized carbons (Fsp3) is 0.500. The summed E-state index contributed by atoms with van der Waals surface area (Å²) in [4.78, 5) is 14.0. The first kappa shape index (κ1) is 16.3. The molecule has 0 spiro atoms. The van der Waals surface area contributed by atoms with Crippen LogP contribution >= 0.6 is 11.6 Å². The van der Waals surface area contributed by atoms with E-state index in [1.165, 1.54) is 4.90 Å². The molecule has 7 heteroatoms. The van der Waals surface area contributed by atoms with Gasteiger partial charge in [-0.3, -0.25) is 4.79 Å². The van der Waals surface area contributed by atoms with Crippen LogP contribution in [-0.2, 0) is 15.7 Å². The van der Waals surface area contributed by atoms with Crippen LogP contribution in [0.25, 0.3) is 0 Å². The van der Waals surface area contributed by atoms with Gasteiger partial charge in [0.2, 0.25) is 0 Å². The number of hydrogen-bond donors (Lipinski definition) is 1. The number of nitrogens with zero attached hydrogens (tertiary/aromatic N) is 1. The van der Waals surface area contributed by atoms with Crippen molar-refractivity contribution < 1.29 is 18.3 Å². The van der Waals surface area contributed by atoms with E-state index in [-0.39, 0.29) is 36.6 Å². The van der Waals surface area contributed by atoms with E-state index >= 15 is 0 Å². The third kappa shape index (κ3) is 3.96. The number of carbonyl (C=O) groups is 1. The van der Waals surface area contributed by atoms with Crippen molar-refractivity contribution in [3.05, 3.63) is 35.4 Å². The smallest absolute Gasteiger partial charge is 0.254 e. The van der Waals surface area contributed by atoms with Crippen LogP contribution in [0, 0.1) is 0 Å². The van der Waals surface area contributed by atoms with E-state index in [0.717, 1.165) is 5.56 Å². The van der Waals surface area contributed by atoms with Crippen LogP contribution in [0.5, 0.6) is 0 Å². The van der Waals surface area contributed by atoms with Gasteiger partial charge in [0.15, 0.2) is 9.84 Å². The molecule has 1 aromatic rings. The number of sulfone groups is 1. The van der Waals surface area contributed by atoms with E-state index in [4.69, 9.17) is 16.7 Å². The molecule has 0 bridgehead atoms. The Morgan fingerprint density at radius 3 is 2.48 bits per heavy atom. The van der Waals surface area contributed by atoms with Gasteiger partial charge in [-0.05, 0) is 24.1 Å². The Kier molecular flexibility index (Phi) is 5.24. The van der Waals surface area contributed by atoms with Gasteiger partial charge in [0, 0.05) is 24.0 Å². The molecule has 21 heavy (non-hydrogen) atoms. The zero-order valence-corrected chi connectivity index (χ0v) is 13.1. The lowest BCUT2D eigenvalue weighted by atomic mass is 10.1. The fourth-order valence-electron chi connectivity index (χ4n) is 2.48. The highest BCUT2D eigenvalue weighted by molar-refractivity contribution is 7.91. The minimum absolute atomic E-state index is 0.0293. The largest absolute Gasteiger partial charge is 0.395 e. The summed E-state index contributed by atoms with van der Waals surface area (Å²) in [5.41, 5.74) is 1.38. The molecule has 1 heterocycles. The summed E-state index contributed by atoms with van der Waals surface area (Å²) in [7, 11) is -3.08. The highest BCUT2D eigenvalue weighted by Crippen LogP contribution is 2.20. The van der Waals surface area contributed by atoms with Crippen molar-refractivity contribution in [2.75, 3.05) is 24.7 Å². The molecule has 1 aliphatic heterocycles. The summed E-state index contributed by atoms with van der Waals surface area (Å²) < 4.78 is 23.2. The minimum Gasteiger partial charge on any atom is -0.395 e. The zero-order chi connectivity index (χ0) is 15.5. The molecule has 1 fully saturated rings. The lowest BCUT2D eigenvalue weighted by Crippen LogP contribution is -2.42. The Labute approximate surface area is 129 Å². The van der Waals surface area contributed by atoms with Gasteiger partial charge in [0.25, 0.3) is 5.91 Å². The molecule has 0 aromatic heterocycles. The molecule has 0 aliphatic carbocycles. The SMILES string of the molecule is O=C(c1ccc(CCl)cc1)N(CCO)C1CCS(=O)(=O)C1. The van der Waals surface area contributed by atoms with Crippen LogP contribution in [0.3, 0.4) is 0 Å². The number of carbonyl (C=O) groups excluding carboxylic acids is 1. The van der Waals surface area contributed by atoms with Gasteiger partial charge >= 0.3 is 0 Å². The molecule has 1 amide bonds. The highest BCUT2D eigenvalue weighted by atomic mass is 35.5. The molecule has 116 valence electrons. The van der Waals surface area contributed by atoms with Crippen molar-refractivity contribution in [2.24, 2.45) is 0 Å². The maximum absolute atomic E-state index is 12.5. The van der Waals surface area contributed by atoms with E-state index in [2.05, 4.69) is 0 Å². The average molecular weight is 332 g/mol. The topological polar surface area (TPSA) is 74.7 Å². The molecule has 1 aliphatic rings.